The molecule has 2 aliphatic heterocycles. The Bertz CT molecular complexity index is 1430. The van der Waals surface area contributed by atoms with Gasteiger partial charge < -0.3 is 24.8 Å². The van der Waals surface area contributed by atoms with Crippen molar-refractivity contribution in [3.05, 3.63) is 99.9 Å². The van der Waals surface area contributed by atoms with E-state index in [9.17, 15) is 31.9 Å². The number of rotatable bonds is 7. The first kappa shape index (κ1) is 32.0. The highest BCUT2D eigenvalue weighted by Gasteiger charge is 2.39. The molecule has 2 fully saturated rings. The number of amides is 1. The highest BCUT2D eigenvalue weighted by atomic mass is 19.2. The van der Waals surface area contributed by atoms with Gasteiger partial charge in [-0.25, -0.2) is 22.0 Å². The summed E-state index contributed by atoms with van der Waals surface area (Å²) in [4.78, 5) is 15.1. The monoisotopic (exact) mass is 618 g/mol. The number of carbonyl (C=O) groups is 1. The molecule has 6 nitrogen and oxygen atoms in total. The summed E-state index contributed by atoms with van der Waals surface area (Å²) in [7, 11) is 0. The van der Waals surface area contributed by atoms with Crippen LogP contribution in [0.1, 0.15) is 78.5 Å². The van der Waals surface area contributed by atoms with Gasteiger partial charge in [0.2, 0.25) is 5.82 Å². The number of hydrogen-bond donors (Lipinski definition) is 2. The molecule has 5 rings (SSSR count). The van der Waals surface area contributed by atoms with Gasteiger partial charge in [0, 0.05) is 23.7 Å². The molecule has 236 valence electrons. The summed E-state index contributed by atoms with van der Waals surface area (Å²) in [6.07, 6.45) is 4.33. The molecule has 3 aromatic rings. The highest BCUT2D eigenvalue weighted by molar-refractivity contribution is 6.04. The molecule has 11 heteroatoms. The lowest BCUT2D eigenvalue weighted by Gasteiger charge is -2.43. The quantitative estimate of drug-likeness (QED) is 0.167. The van der Waals surface area contributed by atoms with Crippen LogP contribution in [0.4, 0.5) is 27.6 Å². The van der Waals surface area contributed by atoms with E-state index < -0.39 is 46.8 Å². The van der Waals surface area contributed by atoms with Gasteiger partial charge in [0.05, 0.1) is 18.8 Å². The summed E-state index contributed by atoms with van der Waals surface area (Å²) in [6, 6.07) is 13.6. The number of aliphatic hydroxyl groups is 1. The Balaban J connectivity index is 1.41. The van der Waals surface area contributed by atoms with Gasteiger partial charge in [0.1, 0.15) is 5.56 Å². The van der Waals surface area contributed by atoms with Crippen molar-refractivity contribution in [2.75, 3.05) is 25.0 Å². The lowest BCUT2D eigenvalue weighted by molar-refractivity contribution is -0.276. The minimum absolute atomic E-state index is 0.0474. The molecule has 2 N–H and O–H groups in total. The third-order valence-corrected chi connectivity index (χ3v) is 8.36. The van der Waals surface area contributed by atoms with Crippen molar-refractivity contribution >= 4 is 11.6 Å². The van der Waals surface area contributed by atoms with E-state index in [1.165, 1.54) is 31.4 Å². The lowest BCUT2D eigenvalue weighted by atomic mass is 9.89. The SMILES string of the molecule is C[C@H]1[C@@H](CN2CCCCCCC2)O[C@@H](c2cccc(NC(=O)c3c(F)c(F)c(F)c(F)c3F)c2)O[C@H]1c1ccc(CO)cc1. The molecule has 0 saturated carbocycles. The van der Waals surface area contributed by atoms with Crippen molar-refractivity contribution in [3.8, 4) is 0 Å². The van der Waals surface area contributed by atoms with Gasteiger partial charge in [-0.15, -0.1) is 0 Å². The third kappa shape index (κ3) is 6.96. The summed E-state index contributed by atoms with van der Waals surface area (Å²) in [5.41, 5.74) is 0.620. The van der Waals surface area contributed by atoms with Crippen LogP contribution in [0, 0.1) is 35.0 Å². The zero-order chi connectivity index (χ0) is 31.4. The molecular weight excluding hydrogens is 583 g/mol. The Hall–Kier alpha value is -3.38. The zero-order valence-corrected chi connectivity index (χ0v) is 24.3. The maximum Gasteiger partial charge on any atom is 0.261 e. The number of benzene rings is 3. The molecule has 2 heterocycles. The Morgan fingerprint density at radius 3 is 2.09 bits per heavy atom. The van der Waals surface area contributed by atoms with Gasteiger partial charge in [0.15, 0.2) is 29.6 Å². The van der Waals surface area contributed by atoms with Crippen LogP contribution >= 0.6 is 0 Å². The molecule has 3 aromatic carbocycles. The average molecular weight is 619 g/mol. The fraction of sp³-hybridized carbons (Fsp3) is 0.424. The van der Waals surface area contributed by atoms with Gasteiger partial charge in [-0.1, -0.05) is 62.6 Å². The minimum atomic E-state index is -2.34. The van der Waals surface area contributed by atoms with Crippen molar-refractivity contribution in [3.63, 3.8) is 0 Å². The van der Waals surface area contributed by atoms with Crippen LogP contribution in [0.2, 0.25) is 0 Å². The first-order valence-corrected chi connectivity index (χ1v) is 14.8. The normalized spacial score (nSPS) is 23.2. The van der Waals surface area contributed by atoms with E-state index >= 15 is 0 Å². The molecule has 0 unspecified atom stereocenters. The largest absolute Gasteiger partial charge is 0.392 e. The fourth-order valence-electron chi connectivity index (χ4n) is 5.84. The summed E-state index contributed by atoms with van der Waals surface area (Å²) < 4.78 is 82.4. The average Bonchev–Trinajstić information content (AvgIpc) is 3.01. The van der Waals surface area contributed by atoms with Crippen LogP contribution < -0.4 is 5.32 Å². The van der Waals surface area contributed by atoms with Gasteiger partial charge >= 0.3 is 0 Å². The number of nitrogens with one attached hydrogen (secondary N) is 1. The van der Waals surface area contributed by atoms with Crippen molar-refractivity contribution in [1.29, 1.82) is 0 Å². The predicted octanol–water partition coefficient (Wildman–Crippen LogP) is 7.18. The molecule has 4 atom stereocenters. The number of halogens is 5. The van der Waals surface area contributed by atoms with Gasteiger partial charge in [-0.2, -0.15) is 0 Å². The van der Waals surface area contributed by atoms with Crippen LogP contribution in [0.3, 0.4) is 0 Å². The Labute approximate surface area is 252 Å². The smallest absolute Gasteiger partial charge is 0.261 e. The van der Waals surface area contributed by atoms with Crippen LogP contribution in [-0.4, -0.2) is 41.7 Å². The van der Waals surface area contributed by atoms with Gasteiger partial charge in [-0.05, 0) is 49.2 Å². The second-order valence-corrected chi connectivity index (χ2v) is 11.4. The molecule has 2 saturated heterocycles. The van der Waals surface area contributed by atoms with E-state index in [4.69, 9.17) is 9.47 Å². The summed E-state index contributed by atoms with van der Waals surface area (Å²) in [5.74, 6) is -12.7. The van der Waals surface area contributed by atoms with Gasteiger partial charge in [0.25, 0.3) is 5.91 Å². The number of anilines is 1. The number of likely N-dealkylation sites (tertiary alicyclic amines) is 1. The van der Waals surface area contributed by atoms with Crippen molar-refractivity contribution in [1.82, 2.24) is 4.90 Å². The maximum absolute atomic E-state index is 14.3. The first-order valence-electron chi connectivity index (χ1n) is 14.8. The van der Waals surface area contributed by atoms with E-state index in [2.05, 4.69) is 17.1 Å². The zero-order valence-electron chi connectivity index (χ0n) is 24.3. The Morgan fingerprint density at radius 2 is 1.45 bits per heavy atom. The second-order valence-electron chi connectivity index (χ2n) is 11.4. The van der Waals surface area contributed by atoms with Crippen molar-refractivity contribution < 1.29 is 41.3 Å². The Morgan fingerprint density at radius 1 is 0.841 bits per heavy atom. The molecule has 0 aliphatic carbocycles. The first-order chi connectivity index (χ1) is 21.2. The third-order valence-electron chi connectivity index (χ3n) is 8.36. The second kappa shape index (κ2) is 14.2. The maximum atomic E-state index is 14.3. The molecule has 1 amide bonds. The summed E-state index contributed by atoms with van der Waals surface area (Å²) in [5, 5.41) is 11.7. The molecule has 2 aliphatic rings. The Kier molecular flexibility index (Phi) is 10.3. The number of ether oxygens (including phenoxy) is 2. The predicted molar refractivity (Wildman–Crippen MR) is 153 cm³/mol. The molecular formula is C33H35F5N2O4. The number of aliphatic hydroxyl groups excluding tert-OH is 1. The number of nitrogens with zero attached hydrogens (tertiary/aromatic N) is 1. The summed E-state index contributed by atoms with van der Waals surface area (Å²) >= 11 is 0. The van der Waals surface area contributed by atoms with E-state index in [-0.39, 0.29) is 30.4 Å². The summed E-state index contributed by atoms with van der Waals surface area (Å²) in [6.45, 7) is 4.59. The minimum Gasteiger partial charge on any atom is -0.392 e. The van der Waals surface area contributed by atoms with E-state index in [0.29, 0.717) is 12.1 Å². The van der Waals surface area contributed by atoms with E-state index in [1.807, 2.05) is 24.3 Å². The standard InChI is InChI=1S/C33H35F5N2O4/c1-19-24(17-40-14-5-3-2-4-6-15-40)43-33(44-31(19)21-12-10-20(18-41)11-13-21)22-8-7-9-23(16-22)39-32(42)25-26(34)28(36)30(38)29(37)27(25)35/h7-13,16,19,24,31,33,41H,2-6,14-15,17-18H2,1H3,(H,39,42)/t19-,24+,31+,33+/m0/s1. The number of hydrogen-bond acceptors (Lipinski definition) is 5. The molecule has 0 bridgehead atoms. The molecule has 44 heavy (non-hydrogen) atoms. The lowest BCUT2D eigenvalue weighted by Crippen LogP contribution is -2.45. The fourth-order valence-corrected chi connectivity index (χ4v) is 5.84. The van der Waals surface area contributed by atoms with Crippen LogP contribution in [0.25, 0.3) is 0 Å². The molecule has 0 spiro atoms. The van der Waals surface area contributed by atoms with Gasteiger partial charge in [-0.3, -0.25) is 4.79 Å². The van der Waals surface area contributed by atoms with E-state index in [1.54, 1.807) is 12.1 Å². The topological polar surface area (TPSA) is 71.0 Å². The molecule has 0 aromatic heterocycles. The van der Waals surface area contributed by atoms with E-state index in [0.717, 1.165) is 37.1 Å². The van der Waals surface area contributed by atoms with Crippen LogP contribution in [0.5, 0.6) is 0 Å². The van der Waals surface area contributed by atoms with Crippen LogP contribution in [0.15, 0.2) is 48.5 Å². The van der Waals surface area contributed by atoms with Crippen molar-refractivity contribution in [2.24, 2.45) is 5.92 Å². The number of carbonyl (C=O) groups excluding carboxylic acids is 1. The molecule has 0 radical (unpaired) electrons. The highest BCUT2D eigenvalue weighted by Crippen LogP contribution is 2.42. The van der Waals surface area contributed by atoms with Crippen LogP contribution in [-0.2, 0) is 16.1 Å². The van der Waals surface area contributed by atoms with Crippen molar-refractivity contribution in [2.45, 2.75) is 64.1 Å².